The average molecular weight is 401 g/mol. The molecule has 2 N–H and O–H groups in total. The van der Waals surface area contributed by atoms with Gasteiger partial charge in [0.25, 0.3) is 15.9 Å². The molecule has 0 unspecified atom stereocenters. The van der Waals surface area contributed by atoms with Crippen LogP contribution in [0.15, 0.2) is 59.8 Å². The van der Waals surface area contributed by atoms with Crippen molar-refractivity contribution in [2.45, 2.75) is 11.8 Å². The highest BCUT2D eigenvalue weighted by Gasteiger charge is 2.21. The van der Waals surface area contributed by atoms with Crippen LogP contribution in [-0.4, -0.2) is 43.2 Å². The van der Waals surface area contributed by atoms with E-state index in [0.29, 0.717) is 11.4 Å². The second kappa shape index (κ2) is 8.09. The van der Waals surface area contributed by atoms with Gasteiger partial charge in [0.2, 0.25) is 5.95 Å². The third-order valence-electron chi connectivity index (χ3n) is 3.92. The Morgan fingerprint density at radius 1 is 1.14 bits per heavy atom. The van der Waals surface area contributed by atoms with Gasteiger partial charge in [-0.1, -0.05) is 17.7 Å². The Morgan fingerprint density at radius 3 is 2.43 bits per heavy atom. The lowest BCUT2D eigenvalue weighted by Gasteiger charge is -2.20. The highest BCUT2D eigenvalue weighted by atomic mass is 32.2. The van der Waals surface area contributed by atoms with E-state index in [1.165, 1.54) is 17.7 Å². The van der Waals surface area contributed by atoms with E-state index in [4.69, 9.17) is 4.74 Å². The first-order chi connectivity index (χ1) is 13.4. The Labute approximate surface area is 162 Å². The van der Waals surface area contributed by atoms with E-state index < -0.39 is 15.9 Å². The molecule has 1 amide bonds. The first-order valence-corrected chi connectivity index (χ1v) is 9.74. The summed E-state index contributed by atoms with van der Waals surface area (Å²) in [7, 11) is -2.18. The van der Waals surface area contributed by atoms with E-state index in [1.807, 2.05) is 6.92 Å². The fourth-order valence-corrected chi connectivity index (χ4v) is 3.54. The van der Waals surface area contributed by atoms with Crippen LogP contribution in [0.1, 0.15) is 5.56 Å². The molecule has 0 atom stereocenters. The number of sulfonamides is 1. The Kier molecular flexibility index (Phi) is 5.59. The van der Waals surface area contributed by atoms with Crippen molar-refractivity contribution in [3.05, 3.63) is 60.4 Å². The first-order valence-electron chi connectivity index (χ1n) is 8.30. The van der Waals surface area contributed by atoms with Crippen molar-refractivity contribution in [3.8, 4) is 5.75 Å². The van der Waals surface area contributed by atoms with E-state index in [-0.39, 0.29) is 17.5 Å². The number of nitrogens with zero attached hydrogens (tertiary/aromatic N) is 3. The van der Waals surface area contributed by atoms with Gasteiger partial charge in [-0.2, -0.15) is 10.1 Å². The minimum absolute atomic E-state index is 0.213. The van der Waals surface area contributed by atoms with Crippen molar-refractivity contribution >= 4 is 27.6 Å². The van der Waals surface area contributed by atoms with E-state index in [1.54, 1.807) is 48.5 Å². The van der Waals surface area contributed by atoms with Crippen molar-refractivity contribution in [1.29, 1.82) is 0 Å². The molecule has 0 aliphatic carbocycles. The second-order valence-corrected chi connectivity index (χ2v) is 7.92. The van der Waals surface area contributed by atoms with Gasteiger partial charge in [0.15, 0.2) is 6.61 Å². The summed E-state index contributed by atoms with van der Waals surface area (Å²) >= 11 is 0. The van der Waals surface area contributed by atoms with Crippen molar-refractivity contribution in [2.75, 3.05) is 23.3 Å². The van der Waals surface area contributed by atoms with Crippen LogP contribution >= 0.6 is 0 Å². The number of rotatable bonds is 7. The Hall–Kier alpha value is -3.40. The number of anilines is 2. The molecule has 0 spiro atoms. The summed E-state index contributed by atoms with van der Waals surface area (Å²) < 4.78 is 32.0. The topological polar surface area (TPSA) is 117 Å². The second-order valence-electron chi connectivity index (χ2n) is 5.95. The van der Waals surface area contributed by atoms with E-state index in [9.17, 15) is 13.2 Å². The van der Waals surface area contributed by atoms with E-state index in [0.717, 1.165) is 5.56 Å². The van der Waals surface area contributed by atoms with Gasteiger partial charge in [0.1, 0.15) is 12.1 Å². The van der Waals surface area contributed by atoms with Crippen LogP contribution < -0.4 is 14.4 Å². The third-order valence-corrected chi connectivity index (χ3v) is 5.72. The number of carbonyl (C=O) groups excluding carboxylic acids is 1. The van der Waals surface area contributed by atoms with Crippen LogP contribution in [0.4, 0.5) is 11.6 Å². The summed E-state index contributed by atoms with van der Waals surface area (Å²) in [5, 5.41) is 8.61. The fraction of sp³-hybridized carbons (Fsp3) is 0.167. The van der Waals surface area contributed by atoms with E-state index in [2.05, 4.69) is 20.5 Å². The number of amides is 1. The molecule has 0 saturated heterocycles. The predicted molar refractivity (Wildman–Crippen MR) is 104 cm³/mol. The summed E-state index contributed by atoms with van der Waals surface area (Å²) in [5.74, 6) is 0.254. The molecule has 0 fully saturated rings. The largest absolute Gasteiger partial charge is 0.484 e. The van der Waals surface area contributed by atoms with Gasteiger partial charge < -0.3 is 4.74 Å². The van der Waals surface area contributed by atoms with Gasteiger partial charge in [-0.05, 0) is 43.3 Å². The first kappa shape index (κ1) is 19.4. The third kappa shape index (κ3) is 4.46. The van der Waals surface area contributed by atoms with Crippen molar-refractivity contribution in [2.24, 2.45) is 0 Å². The molecule has 1 aromatic heterocycles. The number of hydrogen-bond acceptors (Lipinski definition) is 6. The number of benzene rings is 2. The number of ether oxygens (including phenoxy) is 1. The van der Waals surface area contributed by atoms with Gasteiger partial charge in [0.05, 0.1) is 10.6 Å². The molecule has 0 saturated carbocycles. The molecule has 0 bridgehead atoms. The molecule has 1 heterocycles. The fourth-order valence-electron chi connectivity index (χ4n) is 2.34. The number of aryl methyl sites for hydroxylation is 1. The maximum absolute atomic E-state index is 12.7. The summed E-state index contributed by atoms with van der Waals surface area (Å²) in [6.45, 7) is 1.67. The molecule has 2 aromatic carbocycles. The zero-order chi connectivity index (χ0) is 20.1. The maximum Gasteiger partial charge on any atom is 0.264 e. The van der Waals surface area contributed by atoms with Crippen LogP contribution in [0.2, 0.25) is 0 Å². The van der Waals surface area contributed by atoms with Gasteiger partial charge in [-0.3, -0.25) is 14.4 Å². The predicted octanol–water partition coefficient (Wildman–Crippen LogP) is 1.96. The van der Waals surface area contributed by atoms with Gasteiger partial charge >= 0.3 is 0 Å². The molecular formula is C18H19N5O4S. The average Bonchev–Trinajstić information content (AvgIpc) is 3.19. The zero-order valence-corrected chi connectivity index (χ0v) is 16.1. The smallest absolute Gasteiger partial charge is 0.264 e. The van der Waals surface area contributed by atoms with Crippen LogP contribution in [0.25, 0.3) is 0 Å². The molecule has 0 radical (unpaired) electrons. The molecule has 9 nitrogen and oxygen atoms in total. The van der Waals surface area contributed by atoms with Gasteiger partial charge in [0, 0.05) is 7.05 Å². The number of nitrogens with one attached hydrogen (secondary N) is 2. The van der Waals surface area contributed by atoms with Gasteiger partial charge in [-0.15, -0.1) is 0 Å². The van der Waals surface area contributed by atoms with Crippen LogP contribution in [0.5, 0.6) is 5.75 Å². The van der Waals surface area contributed by atoms with Gasteiger partial charge in [-0.25, -0.2) is 13.5 Å². The number of aromatic nitrogens is 3. The lowest BCUT2D eigenvalue weighted by atomic mass is 10.2. The highest BCUT2D eigenvalue weighted by Crippen LogP contribution is 2.24. The molecule has 3 aromatic rings. The minimum Gasteiger partial charge on any atom is -0.484 e. The quantitative estimate of drug-likeness (QED) is 0.625. The number of carbonyl (C=O) groups is 1. The molecule has 0 aliphatic rings. The number of aromatic amines is 1. The lowest BCUT2D eigenvalue weighted by Crippen LogP contribution is -2.26. The lowest BCUT2D eigenvalue weighted by molar-refractivity contribution is -0.118. The summed E-state index contributed by atoms with van der Waals surface area (Å²) in [6.07, 6.45) is 1.27. The molecule has 0 aliphatic heterocycles. The van der Waals surface area contributed by atoms with E-state index >= 15 is 0 Å². The Bertz CT molecular complexity index is 1030. The van der Waals surface area contributed by atoms with Crippen LogP contribution in [0.3, 0.4) is 0 Å². The molecular weight excluding hydrogens is 382 g/mol. The molecule has 28 heavy (non-hydrogen) atoms. The molecule has 146 valence electrons. The van der Waals surface area contributed by atoms with Crippen molar-refractivity contribution in [3.63, 3.8) is 0 Å². The van der Waals surface area contributed by atoms with Crippen LogP contribution in [0, 0.1) is 6.92 Å². The van der Waals surface area contributed by atoms with Crippen LogP contribution in [-0.2, 0) is 14.8 Å². The summed E-state index contributed by atoms with van der Waals surface area (Å²) in [5.41, 5.74) is 1.45. The minimum atomic E-state index is -3.66. The highest BCUT2D eigenvalue weighted by molar-refractivity contribution is 7.92. The standard InChI is InChI=1S/C18H19N5O4S/c1-13-3-9-16(10-4-13)28(25,26)23(2)14-5-7-15(8-6-14)27-11-17(24)21-18-19-12-20-22-18/h3-10,12H,11H2,1-2H3,(H2,19,20,21,22,24). The maximum atomic E-state index is 12.7. The Morgan fingerprint density at radius 2 is 1.82 bits per heavy atom. The number of hydrogen-bond donors (Lipinski definition) is 2. The number of H-pyrrole nitrogens is 1. The van der Waals surface area contributed by atoms with Crippen molar-refractivity contribution < 1.29 is 17.9 Å². The zero-order valence-electron chi connectivity index (χ0n) is 15.3. The van der Waals surface area contributed by atoms with Crippen molar-refractivity contribution in [1.82, 2.24) is 15.2 Å². The summed E-state index contributed by atoms with van der Waals surface area (Å²) in [4.78, 5) is 15.8. The summed E-state index contributed by atoms with van der Waals surface area (Å²) in [6, 6.07) is 13.1. The molecule has 10 heteroatoms. The Balaban J connectivity index is 1.63. The normalized spacial score (nSPS) is 11.1. The monoisotopic (exact) mass is 401 g/mol. The molecule has 3 rings (SSSR count). The SMILES string of the molecule is Cc1ccc(S(=O)(=O)N(C)c2ccc(OCC(=O)Nc3ncn[nH]3)cc2)cc1.